The van der Waals surface area contributed by atoms with Gasteiger partial charge in [-0.15, -0.1) is 0 Å². The summed E-state index contributed by atoms with van der Waals surface area (Å²) in [6.45, 7) is 2.61. The van der Waals surface area contributed by atoms with Gasteiger partial charge in [-0.25, -0.2) is 8.42 Å². The molecule has 6 nitrogen and oxygen atoms in total. The molecule has 0 spiro atoms. The lowest BCUT2D eigenvalue weighted by Gasteiger charge is -2.17. The number of rotatable bonds is 6. The lowest BCUT2D eigenvalue weighted by molar-refractivity contribution is 0.214. The number of benzene rings is 1. The van der Waals surface area contributed by atoms with Crippen LogP contribution in [-0.4, -0.2) is 42.2 Å². The molecule has 1 aromatic carbocycles. The topological polar surface area (TPSA) is 68.6 Å². The second kappa shape index (κ2) is 7.63. The van der Waals surface area contributed by atoms with E-state index in [2.05, 4.69) is 0 Å². The first-order valence-corrected chi connectivity index (χ1v) is 10.3. The third-order valence-corrected chi connectivity index (χ3v) is 6.61. The lowest BCUT2D eigenvalue weighted by Crippen LogP contribution is -2.33. The molecule has 140 valence electrons. The molecule has 1 aliphatic heterocycles. The van der Waals surface area contributed by atoms with E-state index in [0.717, 1.165) is 11.3 Å². The van der Waals surface area contributed by atoms with Gasteiger partial charge in [-0.2, -0.15) is 4.31 Å². The zero-order chi connectivity index (χ0) is 18.7. The molecule has 0 bridgehead atoms. The molecule has 1 atom stereocenters. The summed E-state index contributed by atoms with van der Waals surface area (Å²) in [6.07, 6.45) is 0.894. The monoisotopic (exact) mass is 376 g/mol. The van der Waals surface area contributed by atoms with Crippen molar-refractivity contribution < 1.29 is 13.2 Å². The molecule has 2 aromatic rings. The fourth-order valence-electron chi connectivity index (χ4n) is 3.06. The molecular formula is C19H24N2O4S. The zero-order valence-corrected chi connectivity index (χ0v) is 15.9. The lowest BCUT2D eigenvalue weighted by atomic mass is 10.2. The fraction of sp³-hybridized carbons (Fsp3) is 0.421. The van der Waals surface area contributed by atoms with Crippen LogP contribution in [0.3, 0.4) is 0 Å². The summed E-state index contributed by atoms with van der Waals surface area (Å²) >= 11 is 0. The van der Waals surface area contributed by atoms with Gasteiger partial charge in [-0.1, -0.05) is 30.3 Å². The SMILES string of the molecule is Cc1cc(OC2CCN(S(=O)(=O)CCc3ccccc3)C2)cc(=O)n1C. The molecule has 1 unspecified atom stereocenters. The van der Waals surface area contributed by atoms with E-state index < -0.39 is 10.0 Å². The number of ether oxygens (including phenoxy) is 1. The maximum atomic E-state index is 12.6. The first-order chi connectivity index (χ1) is 12.3. The number of hydrogen-bond acceptors (Lipinski definition) is 4. The van der Waals surface area contributed by atoms with Crippen molar-refractivity contribution in [3.05, 3.63) is 64.1 Å². The van der Waals surface area contributed by atoms with Crippen molar-refractivity contribution in [2.24, 2.45) is 7.05 Å². The second-order valence-electron chi connectivity index (χ2n) is 6.67. The Labute approximate surface area is 154 Å². The molecule has 3 rings (SSSR count). The van der Waals surface area contributed by atoms with Crippen LogP contribution in [0.5, 0.6) is 5.75 Å². The van der Waals surface area contributed by atoms with Gasteiger partial charge in [0.15, 0.2) is 0 Å². The van der Waals surface area contributed by atoms with Crippen LogP contribution in [0, 0.1) is 6.92 Å². The minimum absolute atomic E-state index is 0.0920. The minimum Gasteiger partial charge on any atom is -0.489 e. The molecule has 0 radical (unpaired) electrons. The van der Waals surface area contributed by atoms with Crippen LogP contribution in [0.4, 0.5) is 0 Å². The Morgan fingerprint density at radius 3 is 2.62 bits per heavy atom. The van der Waals surface area contributed by atoms with E-state index in [1.165, 1.54) is 10.4 Å². The minimum atomic E-state index is -3.32. The van der Waals surface area contributed by atoms with Gasteiger partial charge < -0.3 is 9.30 Å². The van der Waals surface area contributed by atoms with Crippen LogP contribution in [-0.2, 0) is 23.5 Å². The van der Waals surface area contributed by atoms with E-state index in [4.69, 9.17) is 4.74 Å². The maximum absolute atomic E-state index is 12.6. The molecule has 1 aromatic heterocycles. The van der Waals surface area contributed by atoms with Gasteiger partial charge in [0.2, 0.25) is 10.0 Å². The first kappa shape index (κ1) is 18.7. The summed E-state index contributed by atoms with van der Waals surface area (Å²) < 4.78 is 34.0. The van der Waals surface area contributed by atoms with Crippen molar-refractivity contribution in [3.8, 4) is 5.75 Å². The Morgan fingerprint density at radius 2 is 1.92 bits per heavy atom. The Balaban J connectivity index is 1.60. The van der Waals surface area contributed by atoms with Crippen molar-refractivity contribution in [1.29, 1.82) is 0 Å². The molecule has 0 amide bonds. The van der Waals surface area contributed by atoms with Gasteiger partial charge in [-0.05, 0) is 31.4 Å². The van der Waals surface area contributed by atoms with Crippen LogP contribution in [0.2, 0.25) is 0 Å². The summed E-state index contributed by atoms with van der Waals surface area (Å²) in [5.74, 6) is 0.591. The fourth-order valence-corrected chi connectivity index (χ4v) is 4.59. The summed E-state index contributed by atoms with van der Waals surface area (Å²) in [5, 5.41) is 0. The first-order valence-electron chi connectivity index (χ1n) is 8.71. The molecule has 0 N–H and O–H groups in total. The summed E-state index contributed by atoms with van der Waals surface area (Å²) in [7, 11) is -1.61. The van der Waals surface area contributed by atoms with Crippen molar-refractivity contribution in [2.45, 2.75) is 25.9 Å². The van der Waals surface area contributed by atoms with Crippen molar-refractivity contribution in [1.82, 2.24) is 8.87 Å². The summed E-state index contributed by atoms with van der Waals surface area (Å²) in [4.78, 5) is 11.9. The van der Waals surface area contributed by atoms with E-state index in [0.29, 0.717) is 31.7 Å². The van der Waals surface area contributed by atoms with E-state index in [1.54, 1.807) is 17.7 Å². The van der Waals surface area contributed by atoms with Crippen LogP contribution in [0.25, 0.3) is 0 Å². The van der Waals surface area contributed by atoms with Crippen LogP contribution >= 0.6 is 0 Å². The Kier molecular flexibility index (Phi) is 5.48. The van der Waals surface area contributed by atoms with E-state index in [9.17, 15) is 13.2 Å². The Bertz CT molecular complexity index is 922. The van der Waals surface area contributed by atoms with Gasteiger partial charge >= 0.3 is 0 Å². The number of aryl methyl sites for hydroxylation is 2. The molecular weight excluding hydrogens is 352 g/mol. The van der Waals surface area contributed by atoms with Crippen LogP contribution < -0.4 is 10.3 Å². The molecule has 0 aliphatic carbocycles. The molecule has 1 aliphatic rings. The second-order valence-corrected chi connectivity index (χ2v) is 8.76. The average molecular weight is 376 g/mol. The smallest absolute Gasteiger partial charge is 0.254 e. The van der Waals surface area contributed by atoms with Gasteiger partial charge in [-0.3, -0.25) is 4.79 Å². The maximum Gasteiger partial charge on any atom is 0.254 e. The molecule has 7 heteroatoms. The molecule has 1 fully saturated rings. The van der Waals surface area contributed by atoms with E-state index >= 15 is 0 Å². The zero-order valence-electron chi connectivity index (χ0n) is 15.1. The quantitative estimate of drug-likeness (QED) is 0.770. The highest BCUT2D eigenvalue weighted by molar-refractivity contribution is 7.89. The van der Waals surface area contributed by atoms with E-state index in [1.807, 2.05) is 37.3 Å². The highest BCUT2D eigenvalue weighted by Crippen LogP contribution is 2.21. The molecule has 2 heterocycles. The normalized spacial score (nSPS) is 18.2. The van der Waals surface area contributed by atoms with Crippen molar-refractivity contribution in [2.75, 3.05) is 18.8 Å². The van der Waals surface area contributed by atoms with Gasteiger partial charge in [0.25, 0.3) is 5.56 Å². The largest absolute Gasteiger partial charge is 0.489 e. The third-order valence-electron chi connectivity index (χ3n) is 4.77. The number of pyridine rings is 1. The van der Waals surface area contributed by atoms with E-state index in [-0.39, 0.29) is 17.4 Å². The van der Waals surface area contributed by atoms with Gasteiger partial charge in [0.1, 0.15) is 11.9 Å². The molecule has 0 saturated carbocycles. The number of hydrogen-bond donors (Lipinski definition) is 0. The standard InChI is InChI=1S/C19H24N2O4S/c1-15-12-18(13-19(22)20(15)2)25-17-8-10-21(14-17)26(23,24)11-9-16-6-4-3-5-7-16/h3-7,12-13,17H,8-11,14H2,1-2H3. The Hall–Kier alpha value is -2.12. The van der Waals surface area contributed by atoms with Crippen molar-refractivity contribution >= 4 is 10.0 Å². The Morgan fingerprint density at radius 1 is 1.19 bits per heavy atom. The van der Waals surface area contributed by atoms with Gasteiger partial charge in [0.05, 0.1) is 12.3 Å². The van der Waals surface area contributed by atoms with Crippen molar-refractivity contribution in [3.63, 3.8) is 0 Å². The highest BCUT2D eigenvalue weighted by Gasteiger charge is 2.32. The number of nitrogens with zero attached hydrogens (tertiary/aromatic N) is 2. The van der Waals surface area contributed by atoms with Crippen LogP contribution in [0.1, 0.15) is 17.7 Å². The highest BCUT2D eigenvalue weighted by atomic mass is 32.2. The number of aromatic nitrogens is 1. The third kappa shape index (κ3) is 4.34. The predicted octanol–water partition coefficient (Wildman–Crippen LogP) is 1.72. The predicted molar refractivity (Wildman–Crippen MR) is 101 cm³/mol. The van der Waals surface area contributed by atoms with Crippen LogP contribution in [0.15, 0.2) is 47.3 Å². The van der Waals surface area contributed by atoms with Gasteiger partial charge in [0, 0.05) is 25.4 Å². The molecule has 26 heavy (non-hydrogen) atoms. The number of sulfonamides is 1. The summed E-state index contributed by atoms with van der Waals surface area (Å²) in [5.41, 5.74) is 1.68. The average Bonchev–Trinajstić information content (AvgIpc) is 3.08. The summed E-state index contributed by atoms with van der Waals surface area (Å²) in [6, 6.07) is 12.8. The molecule has 1 saturated heterocycles.